The molecule has 0 fully saturated rings. The Labute approximate surface area is 104 Å². The molecule has 0 aliphatic carbocycles. The van der Waals surface area contributed by atoms with Gasteiger partial charge in [-0.2, -0.15) is 0 Å². The van der Waals surface area contributed by atoms with E-state index in [2.05, 4.69) is 0 Å². The summed E-state index contributed by atoms with van der Waals surface area (Å²) in [6.07, 6.45) is 0. The summed E-state index contributed by atoms with van der Waals surface area (Å²) in [7, 11) is 0. The maximum absolute atomic E-state index is 12.8. The Morgan fingerprint density at radius 2 is 1.78 bits per heavy atom. The molecule has 2 rings (SSSR count). The molecule has 2 aromatic carbocycles. The van der Waals surface area contributed by atoms with Crippen molar-refractivity contribution in [2.75, 3.05) is 0 Å². The highest BCUT2D eigenvalue weighted by Gasteiger charge is 2.14. The quantitative estimate of drug-likeness (QED) is 0.873. The van der Waals surface area contributed by atoms with Gasteiger partial charge in [-0.25, -0.2) is 4.39 Å². The lowest BCUT2D eigenvalue weighted by Gasteiger charge is -2.09. The molecule has 0 amide bonds. The van der Waals surface area contributed by atoms with Gasteiger partial charge in [0.05, 0.1) is 0 Å². The topological polar surface area (TPSA) is 63.3 Å². The molecule has 3 N–H and O–H groups in total. The van der Waals surface area contributed by atoms with E-state index >= 15 is 0 Å². The second kappa shape index (κ2) is 4.98. The molecule has 0 aromatic heterocycles. The Morgan fingerprint density at radius 1 is 1.11 bits per heavy atom. The molecule has 3 nitrogen and oxygen atoms in total. The van der Waals surface area contributed by atoms with Gasteiger partial charge in [-0.15, -0.1) is 0 Å². The SMILES string of the molecule is N[C@H](C(=O)O)c1cccc(-c2ccc(F)cc2)c1. The van der Waals surface area contributed by atoms with Crippen LogP contribution in [0.25, 0.3) is 11.1 Å². The first-order chi connectivity index (χ1) is 8.58. The maximum atomic E-state index is 12.8. The third kappa shape index (κ3) is 2.55. The van der Waals surface area contributed by atoms with E-state index in [0.29, 0.717) is 5.56 Å². The summed E-state index contributed by atoms with van der Waals surface area (Å²) in [5, 5.41) is 8.86. The van der Waals surface area contributed by atoms with Gasteiger partial charge in [0, 0.05) is 0 Å². The van der Waals surface area contributed by atoms with Crippen LogP contribution in [0, 0.1) is 5.82 Å². The lowest BCUT2D eigenvalue weighted by Crippen LogP contribution is -2.20. The largest absolute Gasteiger partial charge is 0.480 e. The Balaban J connectivity index is 2.38. The van der Waals surface area contributed by atoms with Crippen LogP contribution in [0.2, 0.25) is 0 Å². The molecule has 0 saturated carbocycles. The van der Waals surface area contributed by atoms with Gasteiger partial charge in [0.1, 0.15) is 11.9 Å². The fourth-order valence-electron chi connectivity index (χ4n) is 1.70. The number of rotatable bonds is 3. The van der Waals surface area contributed by atoms with Crippen molar-refractivity contribution in [1.82, 2.24) is 0 Å². The van der Waals surface area contributed by atoms with Crippen LogP contribution in [0.15, 0.2) is 48.5 Å². The second-order valence-electron chi connectivity index (χ2n) is 3.95. The van der Waals surface area contributed by atoms with Gasteiger partial charge in [0.25, 0.3) is 0 Å². The predicted octanol–water partition coefficient (Wildman–Crippen LogP) is 2.58. The molecule has 92 valence electrons. The van der Waals surface area contributed by atoms with Crippen molar-refractivity contribution in [3.8, 4) is 11.1 Å². The molecule has 0 heterocycles. The van der Waals surface area contributed by atoms with E-state index in [1.165, 1.54) is 12.1 Å². The Kier molecular flexibility index (Phi) is 3.39. The number of carbonyl (C=O) groups is 1. The number of hydrogen-bond donors (Lipinski definition) is 2. The van der Waals surface area contributed by atoms with E-state index in [1.54, 1.807) is 30.3 Å². The van der Waals surface area contributed by atoms with Crippen LogP contribution in [-0.4, -0.2) is 11.1 Å². The number of carboxylic acid groups (broad SMARTS) is 1. The zero-order chi connectivity index (χ0) is 13.1. The van der Waals surface area contributed by atoms with Crippen molar-refractivity contribution in [3.63, 3.8) is 0 Å². The fourth-order valence-corrected chi connectivity index (χ4v) is 1.70. The molecule has 2 aromatic rings. The average molecular weight is 245 g/mol. The first-order valence-electron chi connectivity index (χ1n) is 5.42. The molecule has 1 atom stereocenters. The monoisotopic (exact) mass is 245 g/mol. The molecular weight excluding hydrogens is 233 g/mol. The van der Waals surface area contributed by atoms with E-state index in [4.69, 9.17) is 10.8 Å². The van der Waals surface area contributed by atoms with Gasteiger partial charge in [-0.1, -0.05) is 30.3 Å². The van der Waals surface area contributed by atoms with Crippen molar-refractivity contribution in [2.45, 2.75) is 6.04 Å². The summed E-state index contributed by atoms with van der Waals surface area (Å²) in [5.41, 5.74) is 7.69. The van der Waals surface area contributed by atoms with Crippen LogP contribution < -0.4 is 5.73 Å². The molecule has 18 heavy (non-hydrogen) atoms. The summed E-state index contributed by atoms with van der Waals surface area (Å²) in [6, 6.07) is 11.9. The molecular formula is C14H12FNO2. The van der Waals surface area contributed by atoms with Gasteiger partial charge >= 0.3 is 5.97 Å². The normalized spacial score (nSPS) is 12.1. The summed E-state index contributed by atoms with van der Waals surface area (Å²) >= 11 is 0. The van der Waals surface area contributed by atoms with Crippen molar-refractivity contribution in [2.24, 2.45) is 5.73 Å². The van der Waals surface area contributed by atoms with Crippen LogP contribution in [0.5, 0.6) is 0 Å². The van der Waals surface area contributed by atoms with E-state index in [9.17, 15) is 9.18 Å². The number of aliphatic carboxylic acids is 1. The van der Waals surface area contributed by atoms with E-state index in [1.807, 2.05) is 6.07 Å². The molecule has 0 aliphatic rings. The number of carboxylic acids is 1. The number of halogens is 1. The third-order valence-corrected chi connectivity index (χ3v) is 2.69. The van der Waals surface area contributed by atoms with Crippen molar-refractivity contribution >= 4 is 5.97 Å². The second-order valence-corrected chi connectivity index (χ2v) is 3.95. The standard InChI is InChI=1S/C14H12FNO2/c15-12-6-4-9(5-7-12)10-2-1-3-11(8-10)13(16)14(17)18/h1-8,13H,16H2,(H,17,18)/t13-/m0/s1. The minimum absolute atomic E-state index is 0.308. The van der Waals surface area contributed by atoms with E-state index in [0.717, 1.165) is 11.1 Å². The van der Waals surface area contributed by atoms with Gasteiger partial charge in [-0.05, 0) is 34.9 Å². The predicted molar refractivity (Wildman–Crippen MR) is 66.4 cm³/mol. The third-order valence-electron chi connectivity index (χ3n) is 2.69. The smallest absolute Gasteiger partial charge is 0.325 e. The molecule has 0 spiro atoms. The molecule has 0 radical (unpaired) electrons. The summed E-state index contributed by atoms with van der Waals surface area (Å²) < 4.78 is 12.8. The molecule has 0 aliphatic heterocycles. The molecule has 0 unspecified atom stereocenters. The van der Waals surface area contributed by atoms with Crippen molar-refractivity contribution < 1.29 is 14.3 Å². The average Bonchev–Trinajstić information content (AvgIpc) is 2.38. The summed E-state index contributed by atoms with van der Waals surface area (Å²) in [4.78, 5) is 10.8. The number of benzene rings is 2. The van der Waals surface area contributed by atoms with E-state index < -0.39 is 12.0 Å². The summed E-state index contributed by atoms with van der Waals surface area (Å²) in [5.74, 6) is -1.39. The molecule has 0 saturated heterocycles. The Morgan fingerprint density at radius 3 is 2.39 bits per heavy atom. The van der Waals surface area contributed by atoms with Gasteiger partial charge in [0.15, 0.2) is 0 Å². The Bertz CT molecular complexity index is 566. The zero-order valence-electron chi connectivity index (χ0n) is 9.51. The van der Waals surface area contributed by atoms with Gasteiger partial charge in [0.2, 0.25) is 0 Å². The highest BCUT2D eigenvalue weighted by Crippen LogP contribution is 2.23. The number of hydrogen-bond acceptors (Lipinski definition) is 2. The lowest BCUT2D eigenvalue weighted by atomic mass is 10.00. The minimum Gasteiger partial charge on any atom is -0.480 e. The van der Waals surface area contributed by atoms with Crippen LogP contribution in [0.1, 0.15) is 11.6 Å². The zero-order valence-corrected chi connectivity index (χ0v) is 9.51. The fraction of sp³-hybridized carbons (Fsp3) is 0.0714. The molecule has 4 heteroatoms. The van der Waals surface area contributed by atoms with Crippen LogP contribution in [-0.2, 0) is 4.79 Å². The van der Waals surface area contributed by atoms with Gasteiger partial charge in [-0.3, -0.25) is 4.79 Å². The summed E-state index contributed by atoms with van der Waals surface area (Å²) in [6.45, 7) is 0. The van der Waals surface area contributed by atoms with Gasteiger partial charge < -0.3 is 10.8 Å². The first kappa shape index (κ1) is 12.3. The molecule has 0 bridgehead atoms. The van der Waals surface area contributed by atoms with Crippen LogP contribution >= 0.6 is 0 Å². The van der Waals surface area contributed by atoms with Crippen molar-refractivity contribution in [3.05, 3.63) is 59.9 Å². The van der Waals surface area contributed by atoms with Crippen molar-refractivity contribution in [1.29, 1.82) is 0 Å². The maximum Gasteiger partial charge on any atom is 0.325 e. The van der Waals surface area contributed by atoms with E-state index in [-0.39, 0.29) is 5.82 Å². The highest BCUT2D eigenvalue weighted by atomic mass is 19.1. The lowest BCUT2D eigenvalue weighted by molar-refractivity contribution is -0.138. The highest BCUT2D eigenvalue weighted by molar-refractivity contribution is 5.76. The van der Waals surface area contributed by atoms with Crippen LogP contribution in [0.4, 0.5) is 4.39 Å². The Hall–Kier alpha value is -2.20. The number of nitrogens with two attached hydrogens (primary N) is 1. The van der Waals surface area contributed by atoms with Crippen LogP contribution in [0.3, 0.4) is 0 Å². The minimum atomic E-state index is -1.08. The first-order valence-corrected chi connectivity index (χ1v) is 5.42.